The molecular formula is C22H25N5O. The molecule has 3 aromatic rings. The average Bonchev–Trinajstić information content (AvgIpc) is 3.44. The van der Waals surface area contributed by atoms with Crippen LogP contribution in [0.15, 0.2) is 48.8 Å². The van der Waals surface area contributed by atoms with Crippen LogP contribution in [0, 0.1) is 5.92 Å². The summed E-state index contributed by atoms with van der Waals surface area (Å²) in [6.07, 6.45) is 7.46. The summed E-state index contributed by atoms with van der Waals surface area (Å²) < 4.78 is 2.28. The Hall–Kier alpha value is -2.89. The van der Waals surface area contributed by atoms with Crippen LogP contribution in [-0.4, -0.2) is 43.6 Å². The predicted octanol–water partition coefficient (Wildman–Crippen LogP) is 3.24. The number of hydrogen-bond donors (Lipinski definition) is 1. The van der Waals surface area contributed by atoms with Crippen LogP contribution < -0.4 is 0 Å². The van der Waals surface area contributed by atoms with Gasteiger partial charge in [0.15, 0.2) is 0 Å². The van der Waals surface area contributed by atoms with E-state index in [4.69, 9.17) is 0 Å². The number of rotatable bonds is 3. The fraction of sp³-hybridized carbons (Fsp3) is 0.409. The zero-order chi connectivity index (χ0) is 18.9. The van der Waals surface area contributed by atoms with E-state index in [0.717, 1.165) is 56.7 Å². The lowest BCUT2D eigenvalue weighted by molar-refractivity contribution is -0.137. The van der Waals surface area contributed by atoms with Gasteiger partial charge in [-0.1, -0.05) is 30.3 Å². The zero-order valence-corrected chi connectivity index (χ0v) is 15.9. The van der Waals surface area contributed by atoms with Crippen LogP contribution in [0.25, 0.3) is 11.4 Å². The summed E-state index contributed by atoms with van der Waals surface area (Å²) in [4.78, 5) is 19.8. The van der Waals surface area contributed by atoms with E-state index in [1.165, 1.54) is 11.4 Å². The van der Waals surface area contributed by atoms with Gasteiger partial charge in [0.2, 0.25) is 5.91 Å². The van der Waals surface area contributed by atoms with Gasteiger partial charge in [0.05, 0.1) is 0 Å². The predicted molar refractivity (Wildman–Crippen MR) is 107 cm³/mol. The van der Waals surface area contributed by atoms with Gasteiger partial charge >= 0.3 is 0 Å². The van der Waals surface area contributed by atoms with E-state index in [0.29, 0.717) is 11.8 Å². The molecule has 0 bridgehead atoms. The Kier molecular flexibility index (Phi) is 4.47. The molecule has 1 aromatic carbocycles. The Morgan fingerprint density at radius 1 is 1.04 bits per heavy atom. The van der Waals surface area contributed by atoms with E-state index in [1.54, 1.807) is 0 Å². The van der Waals surface area contributed by atoms with Gasteiger partial charge in [-0.05, 0) is 25.3 Å². The molecule has 1 N–H and O–H groups in total. The van der Waals surface area contributed by atoms with Crippen molar-refractivity contribution in [2.45, 2.75) is 38.1 Å². The third kappa shape index (κ3) is 3.13. The summed E-state index contributed by atoms with van der Waals surface area (Å²) in [5, 5.41) is 7.13. The van der Waals surface area contributed by atoms with Crippen molar-refractivity contribution in [3.63, 3.8) is 0 Å². The monoisotopic (exact) mass is 375 g/mol. The second kappa shape index (κ2) is 7.26. The minimum Gasteiger partial charge on any atom is -0.342 e. The minimum atomic E-state index is 0.0801. The van der Waals surface area contributed by atoms with E-state index in [2.05, 4.69) is 42.8 Å². The first-order valence-electron chi connectivity index (χ1n) is 10.2. The molecule has 0 spiro atoms. The lowest BCUT2D eigenvalue weighted by Gasteiger charge is -2.35. The van der Waals surface area contributed by atoms with Gasteiger partial charge in [-0.25, -0.2) is 4.98 Å². The summed E-state index contributed by atoms with van der Waals surface area (Å²) in [6, 6.07) is 12.3. The van der Waals surface area contributed by atoms with Crippen molar-refractivity contribution in [3.05, 3.63) is 60.2 Å². The highest BCUT2D eigenvalue weighted by Gasteiger charge is 2.32. The quantitative estimate of drug-likeness (QED) is 0.764. The standard InChI is InChI=1S/C22H25N5O/c28-22(26-11-7-16(8-12-26)20-6-10-24-25-20)18-9-13-27-19(14-18)15-23-21(27)17-4-2-1-3-5-17/h1-6,10,15-16,18H,7-9,11-14H2,(H,24,25)/t18-/m1/s1. The van der Waals surface area contributed by atoms with E-state index >= 15 is 0 Å². The molecule has 0 radical (unpaired) electrons. The Labute approximate surface area is 164 Å². The van der Waals surface area contributed by atoms with E-state index in [1.807, 2.05) is 30.6 Å². The number of nitrogens with one attached hydrogen (secondary N) is 1. The molecule has 5 rings (SSSR count). The number of aromatic nitrogens is 4. The maximum Gasteiger partial charge on any atom is 0.226 e. The van der Waals surface area contributed by atoms with Crippen LogP contribution in [0.2, 0.25) is 0 Å². The molecule has 2 aromatic heterocycles. The largest absolute Gasteiger partial charge is 0.342 e. The molecule has 1 amide bonds. The summed E-state index contributed by atoms with van der Waals surface area (Å²) in [7, 11) is 0. The highest BCUT2D eigenvalue weighted by molar-refractivity contribution is 5.79. The molecule has 1 saturated heterocycles. The third-order valence-corrected chi connectivity index (χ3v) is 6.24. The summed E-state index contributed by atoms with van der Waals surface area (Å²) >= 11 is 0. The van der Waals surface area contributed by atoms with Crippen LogP contribution in [-0.2, 0) is 17.8 Å². The highest BCUT2D eigenvalue weighted by Crippen LogP contribution is 2.31. The van der Waals surface area contributed by atoms with Crippen molar-refractivity contribution in [3.8, 4) is 11.4 Å². The van der Waals surface area contributed by atoms with Crippen molar-refractivity contribution >= 4 is 5.91 Å². The van der Waals surface area contributed by atoms with Gasteiger partial charge in [-0.2, -0.15) is 5.10 Å². The van der Waals surface area contributed by atoms with E-state index in [9.17, 15) is 4.79 Å². The number of nitrogens with zero attached hydrogens (tertiary/aromatic N) is 4. The second-order valence-corrected chi connectivity index (χ2v) is 7.89. The lowest BCUT2D eigenvalue weighted by Crippen LogP contribution is -2.43. The molecule has 0 aliphatic carbocycles. The Morgan fingerprint density at radius 2 is 1.86 bits per heavy atom. The highest BCUT2D eigenvalue weighted by atomic mass is 16.2. The summed E-state index contributed by atoms with van der Waals surface area (Å²) in [5.41, 5.74) is 3.51. The van der Waals surface area contributed by atoms with E-state index < -0.39 is 0 Å². The summed E-state index contributed by atoms with van der Waals surface area (Å²) in [5.74, 6) is 1.91. The lowest BCUT2D eigenvalue weighted by atomic mass is 9.90. The van der Waals surface area contributed by atoms with Crippen LogP contribution in [0.3, 0.4) is 0 Å². The molecule has 144 valence electrons. The van der Waals surface area contributed by atoms with E-state index in [-0.39, 0.29) is 5.92 Å². The number of benzene rings is 1. The van der Waals surface area contributed by atoms with Gasteiger partial charge in [0.1, 0.15) is 5.82 Å². The summed E-state index contributed by atoms with van der Waals surface area (Å²) in [6.45, 7) is 2.54. The first kappa shape index (κ1) is 17.2. The molecule has 2 aliphatic heterocycles. The molecule has 0 saturated carbocycles. The maximum atomic E-state index is 13.1. The average molecular weight is 375 g/mol. The Morgan fingerprint density at radius 3 is 2.61 bits per heavy atom. The number of likely N-dealkylation sites (tertiary alicyclic amines) is 1. The molecule has 1 fully saturated rings. The number of fused-ring (bicyclic) bond motifs is 1. The molecule has 6 heteroatoms. The molecule has 6 nitrogen and oxygen atoms in total. The fourth-order valence-electron chi connectivity index (χ4n) is 4.65. The first-order chi connectivity index (χ1) is 13.8. The Bertz CT molecular complexity index is 939. The zero-order valence-electron chi connectivity index (χ0n) is 15.9. The molecule has 0 unspecified atom stereocenters. The molecule has 28 heavy (non-hydrogen) atoms. The van der Waals surface area contributed by atoms with Crippen molar-refractivity contribution < 1.29 is 4.79 Å². The van der Waals surface area contributed by atoms with Crippen LogP contribution in [0.4, 0.5) is 0 Å². The molecular weight excluding hydrogens is 350 g/mol. The van der Waals surface area contributed by atoms with Crippen molar-refractivity contribution in [2.75, 3.05) is 13.1 Å². The topological polar surface area (TPSA) is 66.8 Å². The smallest absolute Gasteiger partial charge is 0.226 e. The second-order valence-electron chi connectivity index (χ2n) is 7.89. The van der Waals surface area contributed by atoms with Crippen LogP contribution in [0.1, 0.15) is 36.6 Å². The van der Waals surface area contributed by atoms with Crippen molar-refractivity contribution in [2.24, 2.45) is 5.92 Å². The van der Waals surface area contributed by atoms with Crippen molar-refractivity contribution in [1.82, 2.24) is 24.6 Å². The van der Waals surface area contributed by atoms with Gasteiger partial charge in [-0.15, -0.1) is 0 Å². The Balaban J connectivity index is 1.24. The SMILES string of the molecule is O=C([C@@H]1CCn2c(cnc2-c2ccccc2)C1)N1CCC(c2ccn[nH]2)CC1. The number of aromatic amines is 1. The van der Waals surface area contributed by atoms with Gasteiger partial charge in [0, 0.05) is 67.2 Å². The number of carbonyl (C=O) groups is 1. The van der Waals surface area contributed by atoms with Crippen molar-refractivity contribution in [1.29, 1.82) is 0 Å². The number of piperidine rings is 1. The fourth-order valence-corrected chi connectivity index (χ4v) is 4.65. The first-order valence-corrected chi connectivity index (χ1v) is 10.2. The molecule has 1 atom stereocenters. The van der Waals surface area contributed by atoms with Crippen LogP contribution >= 0.6 is 0 Å². The normalized spacial score (nSPS) is 20.1. The number of H-pyrrole nitrogens is 1. The molecule has 4 heterocycles. The number of carbonyl (C=O) groups excluding carboxylic acids is 1. The van der Waals surface area contributed by atoms with Gasteiger partial charge < -0.3 is 9.47 Å². The maximum absolute atomic E-state index is 13.1. The van der Waals surface area contributed by atoms with Crippen LogP contribution in [0.5, 0.6) is 0 Å². The minimum absolute atomic E-state index is 0.0801. The van der Waals surface area contributed by atoms with Gasteiger partial charge in [-0.3, -0.25) is 9.89 Å². The number of hydrogen-bond acceptors (Lipinski definition) is 3. The van der Waals surface area contributed by atoms with Gasteiger partial charge in [0.25, 0.3) is 0 Å². The third-order valence-electron chi connectivity index (χ3n) is 6.24. The molecule has 2 aliphatic rings. The number of amides is 1. The number of imidazole rings is 1.